The number of rotatable bonds is 0. The Balaban J connectivity index is 0. The van der Waals surface area contributed by atoms with Crippen LogP contribution >= 0.6 is 0 Å². The minimum Gasteiger partial charge on any atom is -2.00 e. The molecule has 0 rings (SSSR count). The molecular formula is O11U2V2-22. The monoisotopic (exact) mass is 754 g/mol. The first-order chi connectivity index (χ1) is 0. The summed E-state index contributed by atoms with van der Waals surface area (Å²) >= 11 is 0. The van der Waals surface area contributed by atoms with Crippen molar-refractivity contribution in [3.05, 3.63) is 0 Å². The molecule has 0 aromatic rings. The Hall–Kier alpha value is 2.83. The fourth-order valence-corrected chi connectivity index (χ4v) is 0. The summed E-state index contributed by atoms with van der Waals surface area (Å²) in [4.78, 5) is 0. The van der Waals surface area contributed by atoms with E-state index in [-0.39, 0.29) is 160 Å². The van der Waals surface area contributed by atoms with Crippen LogP contribution in [-0.2, 0) is 97.3 Å². The summed E-state index contributed by atoms with van der Waals surface area (Å²) in [6, 6.07) is 0. The summed E-state index contributed by atoms with van der Waals surface area (Å²) in [6.45, 7) is 0. The van der Waals surface area contributed by atoms with E-state index in [0.29, 0.717) is 0 Å². The van der Waals surface area contributed by atoms with Crippen LogP contribution in [0.1, 0.15) is 0 Å². The first-order valence-electron chi connectivity index (χ1n) is 0. The standard InChI is InChI=1S/11O.2U.2V/q11*-2;;;;. The average Bonchev–Trinajstić information content (AvgIpc) is 0. The molecule has 11 nitrogen and oxygen atoms in total. The zero-order chi connectivity index (χ0) is 0. The molecule has 0 aromatic heterocycles. The molecule has 0 heterocycles. The normalized spacial score (nSPS) is 0. The van der Waals surface area contributed by atoms with Gasteiger partial charge >= 0.3 is 0 Å². The van der Waals surface area contributed by atoms with Gasteiger partial charge in [0.25, 0.3) is 0 Å². The Morgan fingerprint density at radius 2 is 0.200 bits per heavy atom. The maximum absolute atomic E-state index is 0. The molecule has 0 aliphatic rings. The summed E-state index contributed by atoms with van der Waals surface area (Å²) in [6.07, 6.45) is 0. The molecule has 0 bridgehead atoms. The van der Waals surface area contributed by atoms with E-state index in [1.165, 1.54) is 0 Å². The third kappa shape index (κ3) is 462. The molecule has 106 valence electrons. The van der Waals surface area contributed by atoms with Crippen molar-refractivity contribution < 1.29 is 160 Å². The molecule has 0 aromatic carbocycles. The van der Waals surface area contributed by atoms with Crippen molar-refractivity contribution in [2.45, 2.75) is 0 Å². The fraction of sp³-hybridized carbons (Fsp3) is 0. The topological polar surface area (TPSA) is 314 Å². The second-order valence-corrected chi connectivity index (χ2v) is 0. The number of hydrogen-bond acceptors (Lipinski definition) is 0. The Bertz CT molecular complexity index is 16.5. The van der Waals surface area contributed by atoms with Gasteiger partial charge in [0.2, 0.25) is 0 Å². The zero-order valence-electron chi connectivity index (χ0n) is 6.39. The van der Waals surface area contributed by atoms with E-state index in [1.807, 2.05) is 0 Å². The van der Waals surface area contributed by atoms with E-state index >= 15 is 0 Å². The Labute approximate surface area is 157 Å². The predicted molar refractivity (Wildman–Crippen MR) is 7.55 cm³/mol. The van der Waals surface area contributed by atoms with E-state index in [4.69, 9.17) is 0 Å². The second-order valence-electron chi connectivity index (χ2n) is 0. The maximum atomic E-state index is 0. The third-order valence-corrected chi connectivity index (χ3v) is 0. The minimum atomic E-state index is 0. The Kier molecular flexibility index (Phi) is 22100. The van der Waals surface area contributed by atoms with Crippen LogP contribution in [-0.4, -0.2) is 0 Å². The van der Waals surface area contributed by atoms with Crippen LogP contribution in [0, 0.1) is 62.2 Å². The van der Waals surface area contributed by atoms with E-state index in [0.717, 1.165) is 0 Å². The molecule has 15 heteroatoms. The molecule has 0 unspecified atom stereocenters. The van der Waals surface area contributed by atoms with Crippen LogP contribution in [0.3, 0.4) is 0 Å². The van der Waals surface area contributed by atoms with Crippen molar-refractivity contribution >= 4 is 0 Å². The molecule has 0 amide bonds. The molecule has 0 N–H and O–H groups in total. The van der Waals surface area contributed by atoms with Crippen LogP contribution < -0.4 is 0 Å². The minimum absolute atomic E-state index is 0. The molecule has 0 fully saturated rings. The molecule has 0 saturated heterocycles. The van der Waals surface area contributed by atoms with Gasteiger partial charge in [-0.15, -0.1) is 0 Å². The van der Waals surface area contributed by atoms with Gasteiger partial charge in [-0.2, -0.15) is 0 Å². The van der Waals surface area contributed by atoms with Gasteiger partial charge in [0.1, 0.15) is 0 Å². The van der Waals surface area contributed by atoms with Gasteiger partial charge in [-0.05, 0) is 0 Å². The first kappa shape index (κ1) is 630. The average molecular weight is 754 g/mol. The quantitative estimate of drug-likeness (QED) is 0.278. The SMILES string of the molecule is [O-2].[O-2].[O-2].[O-2].[O-2].[O-2].[O-2].[O-2].[O-2].[O-2].[O-2].[U].[U].[V].[V]. The Morgan fingerprint density at radius 3 is 0.200 bits per heavy atom. The van der Waals surface area contributed by atoms with Gasteiger partial charge < -0.3 is 60.2 Å². The van der Waals surface area contributed by atoms with Crippen LogP contribution in [0.15, 0.2) is 0 Å². The summed E-state index contributed by atoms with van der Waals surface area (Å²) in [5, 5.41) is 0. The largest absolute Gasteiger partial charge is 2.00 e. The maximum Gasteiger partial charge on any atom is 0 e. The van der Waals surface area contributed by atoms with Crippen molar-refractivity contribution in [3.63, 3.8) is 0 Å². The van der Waals surface area contributed by atoms with Crippen molar-refractivity contribution in [1.29, 1.82) is 0 Å². The molecular weight excluding hydrogens is 754 g/mol. The smallest absolute Gasteiger partial charge is 0 e. The van der Waals surface area contributed by atoms with Gasteiger partial charge in [-0.3, -0.25) is 0 Å². The fourth-order valence-electron chi connectivity index (χ4n) is 0. The van der Waals surface area contributed by atoms with Crippen LogP contribution in [0.25, 0.3) is 0 Å². The molecule has 0 aliphatic carbocycles. The van der Waals surface area contributed by atoms with E-state index in [1.54, 1.807) is 0 Å². The molecule has 15 heavy (non-hydrogen) atoms. The molecule has 0 aliphatic heterocycles. The van der Waals surface area contributed by atoms with E-state index < -0.39 is 0 Å². The Morgan fingerprint density at radius 1 is 0.200 bits per heavy atom. The van der Waals surface area contributed by atoms with Gasteiger partial charge in [0.05, 0.1) is 0 Å². The second kappa shape index (κ2) is 526. The van der Waals surface area contributed by atoms with Crippen molar-refractivity contribution in [2.75, 3.05) is 0 Å². The van der Waals surface area contributed by atoms with Crippen molar-refractivity contribution in [2.24, 2.45) is 0 Å². The van der Waals surface area contributed by atoms with Gasteiger partial charge in [-0.1, -0.05) is 0 Å². The van der Waals surface area contributed by atoms with Gasteiger partial charge in [-0.25, -0.2) is 0 Å². The van der Waals surface area contributed by atoms with Crippen molar-refractivity contribution in [1.82, 2.24) is 0 Å². The predicted octanol–water partition coefficient (Wildman–Crippen LogP) is -1.31. The molecule has 2 radical (unpaired) electrons. The van der Waals surface area contributed by atoms with Crippen LogP contribution in [0.5, 0.6) is 0 Å². The van der Waals surface area contributed by atoms with Gasteiger partial charge in [0.15, 0.2) is 0 Å². The summed E-state index contributed by atoms with van der Waals surface area (Å²) in [5.74, 6) is 0. The first-order valence-corrected chi connectivity index (χ1v) is 0. The summed E-state index contributed by atoms with van der Waals surface area (Å²) in [7, 11) is 0. The molecule has 0 spiro atoms. The van der Waals surface area contributed by atoms with E-state index in [2.05, 4.69) is 0 Å². The van der Waals surface area contributed by atoms with Gasteiger partial charge in [0, 0.05) is 99.3 Å². The van der Waals surface area contributed by atoms with Crippen molar-refractivity contribution in [3.8, 4) is 0 Å². The van der Waals surface area contributed by atoms with Crippen LogP contribution in [0.4, 0.5) is 0 Å². The summed E-state index contributed by atoms with van der Waals surface area (Å²) in [5.41, 5.74) is 0. The molecule has 0 saturated carbocycles. The third-order valence-electron chi connectivity index (χ3n) is 0. The zero-order valence-corrected chi connectivity index (χ0v) is 17.5. The van der Waals surface area contributed by atoms with E-state index in [9.17, 15) is 0 Å². The summed E-state index contributed by atoms with van der Waals surface area (Å²) < 4.78 is 0. The molecule has 0 atom stereocenters. The number of hydrogen-bond donors (Lipinski definition) is 0. The van der Waals surface area contributed by atoms with Crippen LogP contribution in [0.2, 0.25) is 0 Å².